The molecule has 2 rings (SSSR count). The summed E-state index contributed by atoms with van der Waals surface area (Å²) in [5.74, 6) is 0.484. The normalized spacial score (nSPS) is 10.4. The maximum atomic E-state index is 12.2. The Hall–Kier alpha value is -3.02. The van der Waals surface area contributed by atoms with Gasteiger partial charge in [0.25, 0.3) is 0 Å². The highest BCUT2D eigenvalue weighted by molar-refractivity contribution is 5.96. The zero-order valence-corrected chi connectivity index (χ0v) is 16.7. The fourth-order valence-electron chi connectivity index (χ4n) is 2.35. The fraction of sp³-hybridized carbons (Fsp3) is 0.364. The van der Waals surface area contributed by atoms with E-state index in [2.05, 4.69) is 22.9 Å². The van der Waals surface area contributed by atoms with Crippen molar-refractivity contribution in [2.24, 2.45) is 5.92 Å². The quantitative estimate of drug-likeness (QED) is 0.527. The maximum absolute atomic E-state index is 12.2. The van der Waals surface area contributed by atoms with Crippen LogP contribution in [-0.2, 0) is 9.59 Å². The minimum Gasteiger partial charge on any atom is -0.494 e. The molecule has 0 unspecified atom stereocenters. The number of benzene rings is 2. The van der Waals surface area contributed by atoms with Gasteiger partial charge >= 0.3 is 0 Å². The molecule has 6 heteroatoms. The van der Waals surface area contributed by atoms with Crippen LogP contribution in [0.15, 0.2) is 48.5 Å². The van der Waals surface area contributed by atoms with Crippen molar-refractivity contribution in [3.05, 3.63) is 48.5 Å². The first-order chi connectivity index (χ1) is 13.5. The lowest BCUT2D eigenvalue weighted by atomic mass is 10.2. The van der Waals surface area contributed by atoms with Crippen molar-refractivity contribution in [3.8, 4) is 5.75 Å². The second-order valence-corrected chi connectivity index (χ2v) is 6.85. The lowest BCUT2D eigenvalue weighted by molar-refractivity contribution is -0.119. The van der Waals surface area contributed by atoms with Crippen LogP contribution in [0.1, 0.15) is 33.6 Å². The smallest absolute Gasteiger partial charge is 0.243 e. The number of hydrogen-bond acceptors (Lipinski definition) is 4. The summed E-state index contributed by atoms with van der Waals surface area (Å²) < 4.78 is 5.62. The second kappa shape index (κ2) is 11.0. The molecule has 2 aromatic rings. The first kappa shape index (κ1) is 21.3. The molecule has 0 aliphatic heterocycles. The van der Waals surface area contributed by atoms with Gasteiger partial charge in [-0.15, -0.1) is 0 Å². The summed E-state index contributed by atoms with van der Waals surface area (Å²) in [7, 11) is 0. The standard InChI is InChI=1S/C22H29N3O3/c1-4-5-13-28-20-11-9-17(10-12-20)23-15-21(26)24-18-7-6-8-19(14-18)25-22(27)16(2)3/h6-12,14,16,23H,4-5,13,15H2,1-3H3,(H,24,26)(H,25,27). The van der Waals surface area contributed by atoms with E-state index in [1.807, 2.05) is 38.1 Å². The van der Waals surface area contributed by atoms with Gasteiger partial charge in [-0.2, -0.15) is 0 Å². The molecule has 0 radical (unpaired) electrons. The average Bonchev–Trinajstić information content (AvgIpc) is 2.68. The minimum atomic E-state index is -0.171. The van der Waals surface area contributed by atoms with E-state index in [-0.39, 0.29) is 24.3 Å². The van der Waals surface area contributed by atoms with Crippen LogP contribution in [0.25, 0.3) is 0 Å². The number of rotatable bonds is 10. The summed E-state index contributed by atoms with van der Waals surface area (Å²) in [4.78, 5) is 24.0. The van der Waals surface area contributed by atoms with Gasteiger partial charge in [-0.1, -0.05) is 33.3 Å². The van der Waals surface area contributed by atoms with E-state index in [0.29, 0.717) is 18.0 Å². The number of unbranched alkanes of at least 4 members (excludes halogenated alkanes) is 1. The van der Waals surface area contributed by atoms with Gasteiger partial charge in [0.1, 0.15) is 5.75 Å². The summed E-state index contributed by atoms with van der Waals surface area (Å²) >= 11 is 0. The zero-order chi connectivity index (χ0) is 20.4. The van der Waals surface area contributed by atoms with Gasteiger partial charge in [-0.3, -0.25) is 9.59 Å². The first-order valence-electron chi connectivity index (χ1n) is 9.65. The molecule has 0 saturated carbocycles. The fourth-order valence-corrected chi connectivity index (χ4v) is 2.35. The Labute approximate surface area is 166 Å². The zero-order valence-electron chi connectivity index (χ0n) is 16.7. The summed E-state index contributed by atoms with van der Waals surface area (Å²) in [5, 5.41) is 8.73. The molecule has 0 saturated heterocycles. The largest absolute Gasteiger partial charge is 0.494 e. The van der Waals surface area contributed by atoms with Crippen molar-refractivity contribution in [2.75, 3.05) is 29.1 Å². The summed E-state index contributed by atoms with van der Waals surface area (Å²) in [5.41, 5.74) is 2.13. The van der Waals surface area contributed by atoms with Crippen LogP contribution in [0.3, 0.4) is 0 Å². The number of carbonyl (C=O) groups excluding carboxylic acids is 2. The van der Waals surface area contributed by atoms with Crippen LogP contribution in [0.4, 0.5) is 17.1 Å². The molecule has 2 aromatic carbocycles. The monoisotopic (exact) mass is 383 g/mol. The minimum absolute atomic E-state index is 0.0627. The van der Waals surface area contributed by atoms with E-state index < -0.39 is 0 Å². The molecule has 0 bridgehead atoms. The van der Waals surface area contributed by atoms with Crippen LogP contribution in [0.2, 0.25) is 0 Å². The molecule has 0 aliphatic carbocycles. The van der Waals surface area contributed by atoms with Crippen LogP contribution in [-0.4, -0.2) is 25.0 Å². The molecule has 0 aromatic heterocycles. The molecule has 0 atom stereocenters. The third-order valence-corrected chi connectivity index (χ3v) is 4.01. The summed E-state index contributed by atoms with van der Waals surface area (Å²) in [6.07, 6.45) is 2.13. The van der Waals surface area contributed by atoms with Crippen molar-refractivity contribution in [1.82, 2.24) is 0 Å². The third kappa shape index (κ3) is 7.31. The second-order valence-electron chi connectivity index (χ2n) is 6.85. The molecular weight excluding hydrogens is 354 g/mol. The number of hydrogen-bond donors (Lipinski definition) is 3. The van der Waals surface area contributed by atoms with Gasteiger partial charge in [0, 0.05) is 23.0 Å². The molecule has 28 heavy (non-hydrogen) atoms. The molecule has 150 valence electrons. The molecule has 0 spiro atoms. The van der Waals surface area contributed by atoms with Crippen LogP contribution < -0.4 is 20.7 Å². The van der Waals surface area contributed by atoms with Gasteiger partial charge in [-0.25, -0.2) is 0 Å². The molecule has 0 aliphatic rings. The van der Waals surface area contributed by atoms with E-state index in [0.717, 1.165) is 24.3 Å². The average molecular weight is 383 g/mol. The maximum Gasteiger partial charge on any atom is 0.243 e. The highest BCUT2D eigenvalue weighted by Gasteiger charge is 2.08. The number of nitrogens with one attached hydrogen (secondary N) is 3. The molecule has 6 nitrogen and oxygen atoms in total. The topological polar surface area (TPSA) is 79.5 Å². The van der Waals surface area contributed by atoms with Crippen LogP contribution in [0, 0.1) is 5.92 Å². The van der Waals surface area contributed by atoms with Gasteiger partial charge in [0.15, 0.2) is 0 Å². The van der Waals surface area contributed by atoms with Crippen LogP contribution in [0.5, 0.6) is 5.75 Å². The van der Waals surface area contributed by atoms with E-state index in [4.69, 9.17) is 4.74 Å². The molecule has 0 fully saturated rings. The highest BCUT2D eigenvalue weighted by atomic mass is 16.5. The van der Waals surface area contributed by atoms with Crippen molar-refractivity contribution in [1.29, 1.82) is 0 Å². The van der Waals surface area contributed by atoms with Crippen LogP contribution >= 0.6 is 0 Å². The highest BCUT2D eigenvalue weighted by Crippen LogP contribution is 2.17. The van der Waals surface area contributed by atoms with E-state index in [9.17, 15) is 9.59 Å². The van der Waals surface area contributed by atoms with E-state index in [1.165, 1.54) is 0 Å². The predicted molar refractivity (Wildman–Crippen MR) is 114 cm³/mol. The summed E-state index contributed by atoms with van der Waals surface area (Å²) in [6.45, 7) is 6.63. The third-order valence-electron chi connectivity index (χ3n) is 4.01. The van der Waals surface area contributed by atoms with Crippen molar-refractivity contribution < 1.29 is 14.3 Å². The van der Waals surface area contributed by atoms with Gasteiger partial charge in [0.05, 0.1) is 13.2 Å². The number of anilines is 3. The lowest BCUT2D eigenvalue weighted by Gasteiger charge is -2.11. The number of carbonyl (C=O) groups is 2. The van der Waals surface area contributed by atoms with Crippen molar-refractivity contribution in [3.63, 3.8) is 0 Å². The molecular formula is C22H29N3O3. The Morgan fingerprint density at radius 3 is 2.29 bits per heavy atom. The molecule has 0 heterocycles. The van der Waals surface area contributed by atoms with Gasteiger partial charge < -0.3 is 20.7 Å². The summed E-state index contributed by atoms with van der Waals surface area (Å²) in [6, 6.07) is 14.6. The van der Waals surface area contributed by atoms with Gasteiger partial charge in [0.2, 0.25) is 11.8 Å². The Morgan fingerprint density at radius 2 is 1.64 bits per heavy atom. The Kier molecular flexibility index (Phi) is 8.34. The number of ether oxygens (including phenoxy) is 1. The predicted octanol–water partition coefficient (Wildman–Crippen LogP) is 4.51. The Balaban J connectivity index is 1.81. The van der Waals surface area contributed by atoms with Gasteiger partial charge in [-0.05, 0) is 48.9 Å². The SMILES string of the molecule is CCCCOc1ccc(NCC(=O)Nc2cccc(NC(=O)C(C)C)c2)cc1. The Bertz CT molecular complexity index is 773. The van der Waals surface area contributed by atoms with Crippen molar-refractivity contribution >= 4 is 28.9 Å². The van der Waals surface area contributed by atoms with E-state index in [1.54, 1.807) is 24.3 Å². The number of amides is 2. The Morgan fingerprint density at radius 1 is 0.964 bits per heavy atom. The van der Waals surface area contributed by atoms with E-state index >= 15 is 0 Å². The molecule has 3 N–H and O–H groups in total. The molecule has 2 amide bonds. The van der Waals surface area contributed by atoms with Crippen molar-refractivity contribution in [2.45, 2.75) is 33.6 Å². The lowest BCUT2D eigenvalue weighted by Crippen LogP contribution is -2.22. The first-order valence-corrected chi connectivity index (χ1v) is 9.65.